The molecule has 0 N–H and O–H groups in total. The second kappa shape index (κ2) is 2.02. The summed E-state index contributed by atoms with van der Waals surface area (Å²) in [7, 11) is 0. The maximum Gasteiger partial charge on any atom is -0.0352 e. The summed E-state index contributed by atoms with van der Waals surface area (Å²) >= 11 is 0. The lowest BCUT2D eigenvalue weighted by molar-refractivity contribution is 0.0402. The lowest BCUT2D eigenvalue weighted by Gasteiger charge is -2.45. The summed E-state index contributed by atoms with van der Waals surface area (Å²) in [4.78, 5) is 0. The third-order valence-corrected chi connectivity index (χ3v) is 4.65. The van der Waals surface area contributed by atoms with E-state index in [9.17, 15) is 0 Å². The van der Waals surface area contributed by atoms with E-state index in [4.69, 9.17) is 0 Å². The van der Waals surface area contributed by atoms with Crippen molar-refractivity contribution < 1.29 is 0 Å². The van der Waals surface area contributed by atoms with Gasteiger partial charge in [-0.15, -0.1) is 0 Å². The molecule has 5 unspecified atom stereocenters. The van der Waals surface area contributed by atoms with Crippen molar-refractivity contribution in [2.45, 2.75) is 39.0 Å². The Balaban J connectivity index is 1.78. The molecule has 5 atom stereocenters. The minimum atomic E-state index is 1.14. The Labute approximate surface area is 69.4 Å². The zero-order valence-electron chi connectivity index (χ0n) is 7.42. The van der Waals surface area contributed by atoms with Gasteiger partial charge in [0.05, 0.1) is 0 Å². The maximum atomic E-state index is 2.39. The summed E-state index contributed by atoms with van der Waals surface area (Å²) in [5.74, 6) is 5.94. The molecule has 0 bridgehead atoms. The van der Waals surface area contributed by atoms with Crippen LogP contribution in [-0.4, -0.2) is 0 Å². The van der Waals surface area contributed by atoms with Crippen LogP contribution in [0.3, 0.4) is 0 Å². The monoisotopic (exact) mass is 150 g/mol. The second-order valence-corrected chi connectivity index (χ2v) is 4.97. The Morgan fingerprint density at radius 3 is 2.45 bits per heavy atom. The average Bonchev–Trinajstić information content (AvgIpc) is 2.64. The van der Waals surface area contributed by atoms with Crippen molar-refractivity contribution in [2.75, 3.05) is 0 Å². The van der Waals surface area contributed by atoms with Gasteiger partial charge in [-0.25, -0.2) is 0 Å². The summed E-state index contributed by atoms with van der Waals surface area (Å²) < 4.78 is 0. The van der Waals surface area contributed by atoms with Crippen LogP contribution in [0.1, 0.15) is 39.0 Å². The summed E-state index contributed by atoms with van der Waals surface area (Å²) in [5, 5.41) is 0. The number of hydrogen-bond donors (Lipinski definition) is 0. The molecule has 0 heteroatoms. The van der Waals surface area contributed by atoms with Gasteiger partial charge in [0, 0.05) is 0 Å². The van der Waals surface area contributed by atoms with Crippen LogP contribution >= 0.6 is 0 Å². The molecule has 0 aliphatic heterocycles. The van der Waals surface area contributed by atoms with Gasteiger partial charge in [0.15, 0.2) is 0 Å². The zero-order chi connectivity index (χ0) is 7.42. The Morgan fingerprint density at radius 2 is 1.82 bits per heavy atom. The summed E-state index contributed by atoms with van der Waals surface area (Å²) in [5.41, 5.74) is 0. The predicted octanol–water partition coefficient (Wildman–Crippen LogP) is 3.08. The van der Waals surface area contributed by atoms with E-state index in [2.05, 4.69) is 6.92 Å². The van der Waals surface area contributed by atoms with Gasteiger partial charge in [0.1, 0.15) is 0 Å². The third-order valence-electron chi connectivity index (χ3n) is 4.65. The predicted molar refractivity (Wildman–Crippen MR) is 46.2 cm³/mol. The quantitative estimate of drug-likeness (QED) is 0.539. The Kier molecular flexibility index (Phi) is 1.20. The first-order valence-electron chi connectivity index (χ1n) is 5.40. The smallest absolute Gasteiger partial charge is 0.0352 e. The normalized spacial score (nSPS) is 59.2. The fraction of sp³-hybridized carbons (Fsp3) is 1.00. The molecule has 0 amide bonds. The Morgan fingerprint density at radius 1 is 1.00 bits per heavy atom. The molecule has 0 nitrogen and oxygen atoms in total. The molecular weight excluding hydrogens is 132 g/mol. The molecule has 0 aromatic rings. The SMILES string of the molecule is CCC1CC2CC2C2CCC12. The molecule has 0 saturated heterocycles. The highest BCUT2D eigenvalue weighted by Crippen LogP contribution is 2.63. The van der Waals surface area contributed by atoms with Gasteiger partial charge in [0.25, 0.3) is 0 Å². The van der Waals surface area contributed by atoms with Crippen molar-refractivity contribution in [1.29, 1.82) is 0 Å². The molecule has 0 radical (unpaired) electrons. The highest BCUT2D eigenvalue weighted by molar-refractivity contribution is 5.04. The van der Waals surface area contributed by atoms with Crippen LogP contribution in [0.5, 0.6) is 0 Å². The minimum absolute atomic E-state index is 1.14. The van der Waals surface area contributed by atoms with Crippen LogP contribution < -0.4 is 0 Å². The second-order valence-electron chi connectivity index (χ2n) is 4.97. The first kappa shape index (κ1) is 6.51. The molecule has 0 heterocycles. The molecule has 3 saturated carbocycles. The summed E-state index contributed by atoms with van der Waals surface area (Å²) in [6.45, 7) is 2.39. The maximum absolute atomic E-state index is 2.39. The molecule has 0 aromatic carbocycles. The van der Waals surface area contributed by atoms with Crippen molar-refractivity contribution in [3.63, 3.8) is 0 Å². The molecule has 3 fully saturated rings. The first-order chi connectivity index (χ1) is 5.40. The van der Waals surface area contributed by atoms with Crippen LogP contribution in [0.25, 0.3) is 0 Å². The molecule has 62 valence electrons. The van der Waals surface area contributed by atoms with E-state index >= 15 is 0 Å². The van der Waals surface area contributed by atoms with E-state index in [1.807, 2.05) is 0 Å². The third kappa shape index (κ3) is 0.761. The molecular formula is C11H18. The van der Waals surface area contributed by atoms with E-state index in [-0.39, 0.29) is 0 Å². The lowest BCUT2D eigenvalue weighted by atomic mass is 9.60. The highest BCUT2D eigenvalue weighted by atomic mass is 14.6. The van der Waals surface area contributed by atoms with Crippen LogP contribution in [0.15, 0.2) is 0 Å². The molecule has 11 heavy (non-hydrogen) atoms. The Bertz CT molecular complexity index is 171. The topological polar surface area (TPSA) is 0 Å². The lowest BCUT2D eigenvalue weighted by Crippen LogP contribution is -2.37. The van der Waals surface area contributed by atoms with E-state index in [0.717, 1.165) is 5.92 Å². The van der Waals surface area contributed by atoms with Gasteiger partial charge in [0.2, 0.25) is 0 Å². The van der Waals surface area contributed by atoms with Crippen molar-refractivity contribution in [3.8, 4) is 0 Å². The Hall–Kier alpha value is 0. The summed E-state index contributed by atoms with van der Waals surface area (Å²) in [6.07, 6.45) is 7.83. The fourth-order valence-corrected chi connectivity index (χ4v) is 3.77. The molecule has 0 aromatic heterocycles. The van der Waals surface area contributed by atoms with E-state index in [1.165, 1.54) is 30.1 Å². The van der Waals surface area contributed by atoms with Crippen LogP contribution in [0.2, 0.25) is 0 Å². The van der Waals surface area contributed by atoms with Gasteiger partial charge in [-0.3, -0.25) is 0 Å². The van der Waals surface area contributed by atoms with E-state index < -0.39 is 0 Å². The van der Waals surface area contributed by atoms with Crippen molar-refractivity contribution in [1.82, 2.24) is 0 Å². The van der Waals surface area contributed by atoms with Crippen LogP contribution in [-0.2, 0) is 0 Å². The standard InChI is InChI=1S/C11H18/c1-2-7-5-8-6-11(8)10-4-3-9(7)10/h7-11H,2-6H2,1H3. The van der Waals surface area contributed by atoms with Crippen LogP contribution in [0.4, 0.5) is 0 Å². The molecule has 3 rings (SSSR count). The summed E-state index contributed by atoms with van der Waals surface area (Å²) in [6, 6.07) is 0. The van der Waals surface area contributed by atoms with Gasteiger partial charge < -0.3 is 0 Å². The number of hydrogen-bond acceptors (Lipinski definition) is 0. The fourth-order valence-electron chi connectivity index (χ4n) is 3.77. The van der Waals surface area contributed by atoms with Gasteiger partial charge >= 0.3 is 0 Å². The largest absolute Gasteiger partial charge is 0.0651 e. The average molecular weight is 150 g/mol. The van der Waals surface area contributed by atoms with Crippen molar-refractivity contribution >= 4 is 0 Å². The van der Waals surface area contributed by atoms with E-state index in [1.54, 1.807) is 25.7 Å². The van der Waals surface area contributed by atoms with E-state index in [0.29, 0.717) is 0 Å². The van der Waals surface area contributed by atoms with Crippen molar-refractivity contribution in [3.05, 3.63) is 0 Å². The van der Waals surface area contributed by atoms with Gasteiger partial charge in [-0.2, -0.15) is 0 Å². The molecule has 3 aliphatic rings. The number of rotatable bonds is 1. The minimum Gasteiger partial charge on any atom is -0.0651 e. The molecule has 0 spiro atoms. The van der Waals surface area contributed by atoms with Gasteiger partial charge in [-0.1, -0.05) is 13.3 Å². The van der Waals surface area contributed by atoms with Crippen molar-refractivity contribution in [2.24, 2.45) is 29.6 Å². The zero-order valence-corrected chi connectivity index (χ0v) is 7.42. The molecule has 3 aliphatic carbocycles. The highest BCUT2D eigenvalue weighted by Gasteiger charge is 2.55. The number of fused-ring (bicyclic) bond motifs is 3. The first-order valence-corrected chi connectivity index (χ1v) is 5.40. The van der Waals surface area contributed by atoms with Crippen LogP contribution in [0, 0.1) is 29.6 Å². The van der Waals surface area contributed by atoms with Gasteiger partial charge in [-0.05, 0) is 55.3 Å².